The van der Waals surface area contributed by atoms with Crippen molar-refractivity contribution in [3.63, 3.8) is 0 Å². The molecule has 0 saturated carbocycles. The Morgan fingerprint density at radius 1 is 1.06 bits per heavy atom. The lowest BCUT2D eigenvalue weighted by Crippen LogP contribution is -1.94. The fourth-order valence-corrected chi connectivity index (χ4v) is 1.55. The molecule has 0 amide bonds. The van der Waals surface area contributed by atoms with Crippen LogP contribution < -0.4 is 14.2 Å². The molecule has 0 aliphatic rings. The van der Waals surface area contributed by atoms with Gasteiger partial charge in [0.1, 0.15) is 17.2 Å². The highest BCUT2D eigenvalue weighted by Crippen LogP contribution is 2.34. The number of hydrogen-bond donors (Lipinski definition) is 0. The molecule has 1 aromatic carbocycles. The molecule has 0 spiro atoms. The predicted molar refractivity (Wildman–Crippen MR) is 68.9 cm³/mol. The molecule has 1 rings (SSSR count). The van der Waals surface area contributed by atoms with E-state index in [2.05, 4.69) is 15.9 Å². The van der Waals surface area contributed by atoms with Crippen LogP contribution >= 0.6 is 15.9 Å². The quantitative estimate of drug-likeness (QED) is 0.779. The van der Waals surface area contributed by atoms with Gasteiger partial charge in [-0.3, -0.25) is 0 Å². The number of ether oxygens (including phenoxy) is 3. The average molecular weight is 287 g/mol. The predicted octanol–water partition coefficient (Wildman–Crippen LogP) is 3.12. The molecule has 88 valence electrons. The van der Waals surface area contributed by atoms with Gasteiger partial charge in [0.2, 0.25) is 0 Å². The van der Waals surface area contributed by atoms with Gasteiger partial charge in [-0.15, -0.1) is 0 Å². The Morgan fingerprint density at radius 3 is 2.00 bits per heavy atom. The van der Waals surface area contributed by atoms with Crippen molar-refractivity contribution in [2.75, 3.05) is 26.7 Å². The van der Waals surface area contributed by atoms with Crippen LogP contribution in [-0.2, 0) is 0 Å². The normalized spacial score (nSPS) is 10.5. The first-order valence-corrected chi connectivity index (χ1v) is 5.91. The van der Waals surface area contributed by atoms with Crippen molar-refractivity contribution in [3.8, 4) is 17.2 Å². The van der Waals surface area contributed by atoms with Crippen LogP contribution in [0.5, 0.6) is 17.2 Å². The molecule has 0 N–H and O–H groups in total. The number of halogens is 1. The maximum Gasteiger partial charge on any atom is 0.133 e. The summed E-state index contributed by atoms with van der Waals surface area (Å²) in [6, 6.07) is 3.66. The number of alkyl halides is 1. The Kier molecular flexibility index (Phi) is 5.19. The van der Waals surface area contributed by atoms with Gasteiger partial charge in [-0.25, -0.2) is 0 Å². The molecule has 0 radical (unpaired) electrons. The van der Waals surface area contributed by atoms with Gasteiger partial charge >= 0.3 is 0 Å². The minimum atomic E-state index is 0.713. The number of hydrogen-bond acceptors (Lipinski definition) is 3. The molecule has 0 atom stereocenters. The smallest absolute Gasteiger partial charge is 0.133 e. The Morgan fingerprint density at radius 2 is 1.62 bits per heavy atom. The molecule has 0 fully saturated rings. The summed E-state index contributed by atoms with van der Waals surface area (Å²) in [5, 5.41) is 0.783. The minimum absolute atomic E-state index is 0.713. The first-order chi connectivity index (χ1) is 7.76. The second-order valence-electron chi connectivity index (χ2n) is 3.00. The van der Waals surface area contributed by atoms with Gasteiger partial charge in [0.25, 0.3) is 0 Å². The first-order valence-electron chi connectivity index (χ1n) is 4.79. The molecule has 4 heteroatoms. The van der Waals surface area contributed by atoms with Gasteiger partial charge in [0, 0.05) is 17.5 Å². The summed E-state index contributed by atoms with van der Waals surface area (Å²) in [5.41, 5.74) is 0.908. The largest absolute Gasteiger partial charge is 0.496 e. The second-order valence-corrected chi connectivity index (χ2v) is 3.65. The van der Waals surface area contributed by atoms with Crippen molar-refractivity contribution in [2.45, 2.75) is 0 Å². The van der Waals surface area contributed by atoms with E-state index in [-0.39, 0.29) is 0 Å². The zero-order valence-electron chi connectivity index (χ0n) is 9.62. The van der Waals surface area contributed by atoms with Crippen LogP contribution in [0.15, 0.2) is 18.2 Å². The minimum Gasteiger partial charge on any atom is -0.496 e. The summed E-state index contributed by atoms with van der Waals surface area (Å²) in [5.74, 6) is 2.17. The van der Waals surface area contributed by atoms with E-state index in [0.717, 1.165) is 22.4 Å². The van der Waals surface area contributed by atoms with Crippen LogP contribution in [0.4, 0.5) is 0 Å². The molecule has 0 aliphatic carbocycles. The van der Waals surface area contributed by atoms with Crippen molar-refractivity contribution >= 4 is 22.0 Å². The van der Waals surface area contributed by atoms with E-state index in [1.807, 2.05) is 24.3 Å². The van der Waals surface area contributed by atoms with Crippen molar-refractivity contribution in [3.05, 3.63) is 23.8 Å². The summed E-state index contributed by atoms with van der Waals surface area (Å²) in [7, 11) is 4.86. The number of rotatable bonds is 5. The van der Waals surface area contributed by atoms with Crippen LogP contribution in [-0.4, -0.2) is 26.7 Å². The zero-order chi connectivity index (χ0) is 12.0. The lowest BCUT2D eigenvalue weighted by molar-refractivity contribution is 0.374. The third-order valence-electron chi connectivity index (χ3n) is 2.13. The topological polar surface area (TPSA) is 27.7 Å². The van der Waals surface area contributed by atoms with E-state index in [9.17, 15) is 0 Å². The van der Waals surface area contributed by atoms with E-state index in [1.165, 1.54) is 0 Å². The molecule has 0 bridgehead atoms. The van der Waals surface area contributed by atoms with Crippen LogP contribution in [0.2, 0.25) is 0 Å². The number of allylic oxidation sites excluding steroid dienone is 1. The molecule has 0 aromatic heterocycles. The highest BCUT2D eigenvalue weighted by atomic mass is 79.9. The van der Waals surface area contributed by atoms with Gasteiger partial charge in [0.05, 0.1) is 26.9 Å². The molecule has 1 aromatic rings. The van der Waals surface area contributed by atoms with Gasteiger partial charge in [-0.1, -0.05) is 28.1 Å². The highest BCUT2D eigenvalue weighted by molar-refractivity contribution is 9.09. The Labute approximate surface area is 104 Å². The van der Waals surface area contributed by atoms with Gasteiger partial charge in [-0.2, -0.15) is 0 Å². The van der Waals surface area contributed by atoms with E-state index in [4.69, 9.17) is 14.2 Å². The van der Waals surface area contributed by atoms with Crippen molar-refractivity contribution in [1.82, 2.24) is 0 Å². The molecule has 0 unspecified atom stereocenters. The number of methoxy groups -OCH3 is 3. The van der Waals surface area contributed by atoms with Crippen LogP contribution in [0.25, 0.3) is 6.08 Å². The monoisotopic (exact) mass is 286 g/mol. The van der Waals surface area contributed by atoms with Gasteiger partial charge in [-0.05, 0) is 0 Å². The summed E-state index contributed by atoms with van der Waals surface area (Å²) in [6.07, 6.45) is 3.93. The SMILES string of the molecule is COc1cc(OC)c(C=CCBr)c(OC)c1. The third-order valence-corrected chi connectivity index (χ3v) is 2.50. The van der Waals surface area contributed by atoms with E-state index >= 15 is 0 Å². The molecule has 0 heterocycles. The van der Waals surface area contributed by atoms with E-state index in [0.29, 0.717) is 5.75 Å². The zero-order valence-corrected chi connectivity index (χ0v) is 11.2. The average Bonchev–Trinajstić information content (AvgIpc) is 2.35. The van der Waals surface area contributed by atoms with E-state index < -0.39 is 0 Å². The van der Waals surface area contributed by atoms with Gasteiger partial charge in [0.15, 0.2) is 0 Å². The summed E-state index contributed by atoms with van der Waals surface area (Å²) < 4.78 is 15.8. The third kappa shape index (κ3) is 2.92. The highest BCUT2D eigenvalue weighted by Gasteiger charge is 2.10. The van der Waals surface area contributed by atoms with Crippen molar-refractivity contribution in [2.24, 2.45) is 0 Å². The van der Waals surface area contributed by atoms with Crippen LogP contribution in [0.1, 0.15) is 5.56 Å². The molecule has 3 nitrogen and oxygen atoms in total. The maximum absolute atomic E-state index is 5.30. The van der Waals surface area contributed by atoms with Crippen LogP contribution in [0.3, 0.4) is 0 Å². The summed E-state index contributed by atoms with van der Waals surface area (Å²) in [4.78, 5) is 0. The van der Waals surface area contributed by atoms with E-state index in [1.54, 1.807) is 21.3 Å². The Balaban J connectivity index is 3.25. The fourth-order valence-electron chi connectivity index (χ4n) is 1.36. The van der Waals surface area contributed by atoms with Crippen molar-refractivity contribution < 1.29 is 14.2 Å². The maximum atomic E-state index is 5.30. The van der Waals surface area contributed by atoms with Gasteiger partial charge < -0.3 is 14.2 Å². The van der Waals surface area contributed by atoms with Crippen molar-refractivity contribution in [1.29, 1.82) is 0 Å². The Hall–Kier alpha value is -1.16. The Bertz CT molecular complexity index is 350. The fraction of sp³-hybridized carbons (Fsp3) is 0.333. The van der Waals surface area contributed by atoms with Crippen LogP contribution in [0, 0.1) is 0 Å². The summed E-state index contributed by atoms with van der Waals surface area (Å²) in [6.45, 7) is 0. The molecular weight excluding hydrogens is 272 g/mol. The lowest BCUT2D eigenvalue weighted by Gasteiger charge is -2.12. The first kappa shape index (κ1) is 12.9. The molecular formula is C12H15BrO3. The molecule has 16 heavy (non-hydrogen) atoms. The summed E-state index contributed by atoms with van der Waals surface area (Å²) >= 11 is 3.33. The second kappa shape index (κ2) is 6.43. The number of benzene rings is 1. The standard InChI is InChI=1S/C12H15BrO3/c1-14-9-7-11(15-2)10(5-4-6-13)12(8-9)16-3/h4-5,7-8H,6H2,1-3H3. The molecule has 0 saturated heterocycles. The lowest BCUT2D eigenvalue weighted by atomic mass is 10.1. The molecule has 0 aliphatic heterocycles.